The van der Waals surface area contributed by atoms with Crippen molar-refractivity contribution in [1.82, 2.24) is 29.5 Å². The largest absolute Gasteiger partial charge is 0.503 e. The summed E-state index contributed by atoms with van der Waals surface area (Å²) in [5, 5.41) is 31.6. The number of amides is 2. The number of nitrogens with one attached hydrogen (secondary N) is 1. The second kappa shape index (κ2) is 11.5. The molecule has 5 N–H and O–H groups in total. The summed E-state index contributed by atoms with van der Waals surface area (Å²) in [5.74, 6) is -3.38. The number of β-lactam (4-membered cyclic amide) rings is 1. The Balaban J connectivity index is 1.43. The third-order valence-electron chi connectivity index (χ3n) is 6.09. The van der Waals surface area contributed by atoms with Crippen molar-refractivity contribution in [3.63, 3.8) is 0 Å². The van der Waals surface area contributed by atoms with Crippen molar-refractivity contribution in [2.45, 2.75) is 17.5 Å². The fraction of sp³-hybridized carbons (Fsp3) is 0.227. The number of nitrogens with two attached hydrogens (primary N) is 1. The van der Waals surface area contributed by atoms with Crippen molar-refractivity contribution >= 4 is 86.4 Å². The Morgan fingerprint density at radius 2 is 2.19 bits per heavy atom. The Labute approximate surface area is 252 Å². The maximum absolute atomic E-state index is 13.6. The van der Waals surface area contributed by atoms with Crippen LogP contribution in [0.25, 0.3) is 5.57 Å². The van der Waals surface area contributed by atoms with Crippen molar-refractivity contribution < 1.29 is 34.3 Å². The molecule has 0 aromatic carbocycles. The number of aromatic nitrogens is 4. The van der Waals surface area contributed by atoms with E-state index < -0.39 is 39.9 Å². The molecule has 0 radical (unpaired) electrons. The van der Waals surface area contributed by atoms with Gasteiger partial charge in [0.1, 0.15) is 29.6 Å². The summed E-state index contributed by atoms with van der Waals surface area (Å²) in [4.78, 5) is 67.2. The lowest BCUT2D eigenvalue weighted by atomic mass is 9.87. The number of carbonyl (C=O) groups is 3. The zero-order valence-corrected chi connectivity index (χ0v) is 24.4. The number of oxime groups is 1. The standard InChI is InChI=1S/C22H18N8O8S4/c1-37-29-4-13(32)12(31)2-9(29)5-38-27-15(11-7-41-21(23)25-11)17(33)26-22(8-39)19(36)30-16(18(34)35)10(6-40-20(22)30)14-3-24-28-42-14/h2-4,7-8,20,32H,5-6H2,1H3,(H2,23,25)(H,26,33)(H,34,35)/t20-,22+/m1/s1. The smallest absolute Gasteiger partial charge is 0.353 e. The first kappa shape index (κ1) is 29.1. The predicted octanol–water partition coefficient (Wildman–Crippen LogP) is -0.311. The zero-order chi connectivity index (χ0) is 30.2. The lowest BCUT2D eigenvalue weighted by Gasteiger charge is -2.55. The van der Waals surface area contributed by atoms with E-state index in [2.05, 4.69) is 25.0 Å². The van der Waals surface area contributed by atoms with Crippen molar-refractivity contribution in [2.75, 3.05) is 18.6 Å². The van der Waals surface area contributed by atoms with Crippen LogP contribution < -0.4 is 21.3 Å². The molecule has 2 amide bonds. The van der Waals surface area contributed by atoms with Gasteiger partial charge in [-0.15, -0.1) is 28.2 Å². The highest BCUT2D eigenvalue weighted by Crippen LogP contribution is 2.48. The number of thioether (sulfide) groups is 1. The molecule has 16 nitrogen and oxygen atoms in total. The minimum Gasteiger partial charge on any atom is -0.503 e. The number of carboxylic acids is 1. The first-order valence-corrected chi connectivity index (χ1v) is 14.7. The molecule has 20 heteroatoms. The molecule has 42 heavy (non-hydrogen) atoms. The lowest BCUT2D eigenvalue weighted by molar-refractivity contribution is -0.153. The highest BCUT2D eigenvalue weighted by atomic mass is 32.2. The minimum atomic E-state index is -1.76. The van der Waals surface area contributed by atoms with Gasteiger partial charge in [-0.3, -0.25) is 19.3 Å². The molecule has 1 fully saturated rings. The Hall–Kier alpha value is -4.40. The SMILES string of the molecule is COn1cc(O)c(=O)cc1CON=C(C(=O)N[C@@]1(C=S)C(=O)N2C(C(=O)O)=C(c3cnns3)CS[C@@H]21)c1csc(N)n1. The fourth-order valence-electron chi connectivity index (χ4n) is 4.16. The number of nitrogen functional groups attached to an aromatic ring is 1. The first-order valence-electron chi connectivity index (χ1n) is 11.5. The molecule has 1 saturated heterocycles. The molecule has 0 spiro atoms. The molecule has 2 atom stereocenters. The van der Waals surface area contributed by atoms with Crippen molar-refractivity contribution in [3.8, 4) is 5.75 Å². The summed E-state index contributed by atoms with van der Waals surface area (Å²) in [6, 6.07) is 1.06. The van der Waals surface area contributed by atoms with Gasteiger partial charge in [-0.25, -0.2) is 9.78 Å². The van der Waals surface area contributed by atoms with E-state index in [0.717, 1.165) is 50.1 Å². The van der Waals surface area contributed by atoms with Crippen LogP contribution in [0.5, 0.6) is 5.75 Å². The maximum Gasteiger partial charge on any atom is 0.353 e. The molecule has 2 aliphatic rings. The quantitative estimate of drug-likeness (QED) is 0.0956. The maximum atomic E-state index is 13.6. The Bertz CT molecular complexity index is 1720. The Morgan fingerprint density at radius 1 is 1.40 bits per heavy atom. The number of rotatable bonds is 10. The Morgan fingerprint density at radius 3 is 2.81 bits per heavy atom. The molecule has 0 saturated carbocycles. The number of aromatic hydroxyl groups is 1. The molecule has 218 valence electrons. The van der Waals surface area contributed by atoms with E-state index in [1.54, 1.807) is 0 Å². The summed E-state index contributed by atoms with van der Waals surface area (Å²) in [6.45, 7) is -0.370. The van der Waals surface area contributed by atoms with Crippen molar-refractivity contribution in [1.29, 1.82) is 0 Å². The van der Waals surface area contributed by atoms with Gasteiger partial charge in [0.25, 0.3) is 11.8 Å². The van der Waals surface area contributed by atoms with Gasteiger partial charge in [0.2, 0.25) is 5.43 Å². The third-order valence-corrected chi connectivity index (χ3v) is 9.22. The molecule has 3 aromatic heterocycles. The van der Waals surface area contributed by atoms with Gasteiger partial charge < -0.3 is 30.9 Å². The average molecular weight is 651 g/mol. The number of carboxylic acid groups (broad SMARTS) is 1. The average Bonchev–Trinajstić information content (AvgIpc) is 3.66. The normalized spacial score (nSPS) is 20.0. The topological polar surface area (TPSA) is 224 Å². The number of fused-ring (bicyclic) bond motifs is 1. The Kier molecular flexibility index (Phi) is 7.95. The van der Waals surface area contributed by atoms with Gasteiger partial charge >= 0.3 is 5.97 Å². The van der Waals surface area contributed by atoms with Crippen LogP contribution in [0.15, 0.2) is 39.5 Å². The molecular formula is C22H18N8O8S4. The van der Waals surface area contributed by atoms with Crippen LogP contribution in [-0.2, 0) is 25.8 Å². The van der Waals surface area contributed by atoms with Gasteiger partial charge in [0.15, 0.2) is 28.7 Å². The first-order chi connectivity index (χ1) is 20.1. The molecule has 5 heterocycles. The number of aliphatic carboxylic acids is 1. The summed E-state index contributed by atoms with van der Waals surface area (Å²) in [5.41, 5.74) is 3.22. The monoisotopic (exact) mass is 650 g/mol. The van der Waals surface area contributed by atoms with E-state index in [1.165, 1.54) is 30.4 Å². The second-order valence-electron chi connectivity index (χ2n) is 8.50. The summed E-state index contributed by atoms with van der Waals surface area (Å²) < 4.78 is 4.84. The molecule has 0 unspecified atom stereocenters. The van der Waals surface area contributed by atoms with Gasteiger partial charge in [0, 0.05) is 28.1 Å². The van der Waals surface area contributed by atoms with E-state index in [1.807, 2.05) is 0 Å². The predicted molar refractivity (Wildman–Crippen MR) is 155 cm³/mol. The van der Waals surface area contributed by atoms with Gasteiger partial charge in [-0.05, 0) is 11.5 Å². The van der Waals surface area contributed by atoms with Crippen LogP contribution in [0.4, 0.5) is 5.13 Å². The number of hydrogen-bond acceptors (Lipinski definition) is 16. The van der Waals surface area contributed by atoms with Crippen LogP contribution in [0.1, 0.15) is 16.3 Å². The third kappa shape index (κ3) is 4.97. The van der Waals surface area contributed by atoms with E-state index in [4.69, 9.17) is 27.6 Å². The fourth-order valence-corrected chi connectivity index (χ4v) is 7.18. The van der Waals surface area contributed by atoms with E-state index in [0.29, 0.717) is 10.5 Å². The molecule has 3 aromatic rings. The number of hydrogen-bond donors (Lipinski definition) is 4. The molecule has 5 rings (SSSR count). The summed E-state index contributed by atoms with van der Waals surface area (Å²) >= 11 is 8.39. The van der Waals surface area contributed by atoms with Crippen LogP contribution in [0.3, 0.4) is 0 Å². The molecule has 2 aliphatic heterocycles. The number of carbonyl (C=O) groups excluding carboxylic acids is 2. The number of pyridine rings is 1. The number of anilines is 1. The number of thiazole rings is 1. The molecule has 0 aliphatic carbocycles. The van der Waals surface area contributed by atoms with Crippen LogP contribution in [0.2, 0.25) is 0 Å². The highest BCUT2D eigenvalue weighted by Gasteiger charge is 2.65. The van der Waals surface area contributed by atoms with Gasteiger partial charge in [-0.2, -0.15) is 4.73 Å². The minimum absolute atomic E-state index is 0.0235. The van der Waals surface area contributed by atoms with Crippen molar-refractivity contribution in [3.05, 3.63) is 56.0 Å². The molecular weight excluding hydrogens is 633 g/mol. The lowest BCUT2D eigenvalue weighted by Crippen LogP contribution is -2.80. The summed E-state index contributed by atoms with van der Waals surface area (Å²) in [6.07, 6.45) is 2.45. The second-order valence-corrected chi connectivity index (χ2v) is 11.5. The zero-order valence-electron chi connectivity index (χ0n) is 21.1. The number of thiocarbonyl (C=S) groups is 1. The van der Waals surface area contributed by atoms with E-state index in [9.17, 15) is 29.4 Å². The van der Waals surface area contributed by atoms with E-state index >= 15 is 0 Å². The van der Waals surface area contributed by atoms with Crippen molar-refractivity contribution in [2.24, 2.45) is 5.16 Å². The van der Waals surface area contributed by atoms with Crippen LogP contribution in [-0.4, -0.2) is 87.1 Å². The highest BCUT2D eigenvalue weighted by molar-refractivity contribution is 8.00. The van der Waals surface area contributed by atoms with Gasteiger partial charge in [-0.1, -0.05) is 21.9 Å². The van der Waals surface area contributed by atoms with Gasteiger partial charge in [0.05, 0.1) is 17.3 Å². The van der Waals surface area contributed by atoms with Crippen LogP contribution in [0, 0.1) is 0 Å². The number of nitrogens with zero attached hydrogens (tertiary/aromatic N) is 6. The summed E-state index contributed by atoms with van der Waals surface area (Å²) in [7, 11) is 1.29. The van der Waals surface area contributed by atoms with E-state index in [-0.39, 0.29) is 40.3 Å². The molecule has 0 bridgehead atoms. The van der Waals surface area contributed by atoms with Crippen LogP contribution >= 0.6 is 46.8 Å².